The van der Waals surface area contributed by atoms with E-state index in [1.54, 1.807) is 31.2 Å². The van der Waals surface area contributed by atoms with Gasteiger partial charge in [-0.15, -0.1) is 0 Å². The Labute approximate surface area is 117 Å². The summed E-state index contributed by atoms with van der Waals surface area (Å²) in [5, 5.41) is 0. The van der Waals surface area contributed by atoms with E-state index < -0.39 is 21.9 Å². The zero-order chi connectivity index (χ0) is 14.8. The van der Waals surface area contributed by atoms with Crippen molar-refractivity contribution in [3.8, 4) is 0 Å². The molecule has 2 aromatic rings. The highest BCUT2D eigenvalue weighted by molar-refractivity contribution is 7.89. The molecule has 6 heteroatoms. The number of rotatable bonds is 4. The Morgan fingerprint density at radius 1 is 1.10 bits per heavy atom. The van der Waals surface area contributed by atoms with Gasteiger partial charge in [0.1, 0.15) is 10.7 Å². The first-order valence-corrected chi connectivity index (χ1v) is 7.51. The molecule has 0 spiro atoms. The van der Waals surface area contributed by atoms with Gasteiger partial charge in [-0.05, 0) is 36.8 Å². The number of nitrogens with two attached hydrogens (primary N) is 1. The normalized spacial score (nSPS) is 13.1. The lowest BCUT2D eigenvalue weighted by Crippen LogP contribution is -2.27. The Hall–Kier alpha value is -1.92. The van der Waals surface area contributed by atoms with Gasteiger partial charge in [0.2, 0.25) is 10.0 Å². The first-order valence-electron chi connectivity index (χ1n) is 6.02. The van der Waals surface area contributed by atoms with Crippen molar-refractivity contribution >= 4 is 15.7 Å². The lowest BCUT2D eigenvalue weighted by Gasteiger charge is -2.15. The molecule has 0 aliphatic carbocycles. The van der Waals surface area contributed by atoms with Crippen molar-refractivity contribution in [1.29, 1.82) is 0 Å². The molecule has 0 saturated heterocycles. The van der Waals surface area contributed by atoms with Gasteiger partial charge in [-0.1, -0.05) is 24.3 Å². The molecule has 1 unspecified atom stereocenters. The highest BCUT2D eigenvalue weighted by atomic mass is 32.2. The predicted octanol–water partition coefficient (Wildman–Crippen LogP) is 2.45. The maximum atomic E-state index is 13.6. The zero-order valence-electron chi connectivity index (χ0n) is 10.9. The fraction of sp³-hybridized carbons (Fsp3) is 0.143. The molecular weight excluding hydrogens is 279 g/mol. The summed E-state index contributed by atoms with van der Waals surface area (Å²) in [5.74, 6) is -0.774. The molecule has 0 aliphatic heterocycles. The van der Waals surface area contributed by atoms with Crippen LogP contribution in [0, 0.1) is 5.82 Å². The van der Waals surface area contributed by atoms with Gasteiger partial charge in [0, 0.05) is 11.7 Å². The van der Waals surface area contributed by atoms with Crippen molar-refractivity contribution in [2.24, 2.45) is 0 Å². The van der Waals surface area contributed by atoms with E-state index in [1.807, 2.05) is 0 Å². The van der Waals surface area contributed by atoms with Crippen molar-refractivity contribution in [1.82, 2.24) is 4.72 Å². The largest absolute Gasteiger partial charge is 0.399 e. The van der Waals surface area contributed by atoms with Gasteiger partial charge >= 0.3 is 0 Å². The molecule has 106 valence electrons. The third-order valence-corrected chi connectivity index (χ3v) is 4.47. The lowest BCUT2D eigenvalue weighted by atomic mass is 10.1. The van der Waals surface area contributed by atoms with E-state index in [2.05, 4.69) is 4.72 Å². The van der Waals surface area contributed by atoms with Crippen molar-refractivity contribution < 1.29 is 12.8 Å². The highest BCUT2D eigenvalue weighted by Gasteiger charge is 2.21. The van der Waals surface area contributed by atoms with Crippen LogP contribution in [-0.4, -0.2) is 8.42 Å². The van der Waals surface area contributed by atoms with Crippen molar-refractivity contribution in [3.05, 3.63) is 59.9 Å². The van der Waals surface area contributed by atoms with E-state index >= 15 is 0 Å². The topological polar surface area (TPSA) is 72.2 Å². The van der Waals surface area contributed by atoms with Gasteiger partial charge < -0.3 is 5.73 Å². The minimum Gasteiger partial charge on any atom is -0.399 e. The molecule has 0 aromatic heterocycles. The average Bonchev–Trinajstić information content (AvgIpc) is 2.39. The van der Waals surface area contributed by atoms with Crippen LogP contribution in [0.1, 0.15) is 18.5 Å². The number of nitrogens with one attached hydrogen (secondary N) is 1. The molecule has 0 aliphatic rings. The van der Waals surface area contributed by atoms with Crippen LogP contribution >= 0.6 is 0 Å². The van der Waals surface area contributed by atoms with Crippen LogP contribution < -0.4 is 10.5 Å². The maximum Gasteiger partial charge on any atom is 0.244 e. The van der Waals surface area contributed by atoms with Gasteiger partial charge in [0.15, 0.2) is 0 Å². The third kappa shape index (κ3) is 3.15. The summed E-state index contributed by atoms with van der Waals surface area (Å²) >= 11 is 0. The minimum absolute atomic E-state index is 0.359. The summed E-state index contributed by atoms with van der Waals surface area (Å²) in [6, 6.07) is 11.6. The van der Waals surface area contributed by atoms with Crippen LogP contribution in [0.5, 0.6) is 0 Å². The molecule has 3 N–H and O–H groups in total. The molecule has 0 bridgehead atoms. The summed E-state index contributed by atoms with van der Waals surface area (Å²) in [4.78, 5) is -0.359. The molecule has 20 heavy (non-hydrogen) atoms. The van der Waals surface area contributed by atoms with E-state index in [-0.39, 0.29) is 4.90 Å². The van der Waals surface area contributed by atoms with Crippen LogP contribution in [0.2, 0.25) is 0 Å². The molecule has 4 nitrogen and oxygen atoms in total. The van der Waals surface area contributed by atoms with Gasteiger partial charge in [-0.25, -0.2) is 17.5 Å². The third-order valence-electron chi connectivity index (χ3n) is 2.89. The lowest BCUT2D eigenvalue weighted by molar-refractivity contribution is 0.547. The molecule has 0 heterocycles. The van der Waals surface area contributed by atoms with Crippen molar-refractivity contribution in [3.63, 3.8) is 0 Å². The zero-order valence-corrected chi connectivity index (χ0v) is 11.7. The Morgan fingerprint density at radius 2 is 1.70 bits per heavy atom. The van der Waals surface area contributed by atoms with Gasteiger partial charge in [0.25, 0.3) is 0 Å². The number of halogens is 1. The molecule has 1 atom stereocenters. The Balaban J connectivity index is 2.24. The van der Waals surface area contributed by atoms with Crippen LogP contribution in [0.25, 0.3) is 0 Å². The minimum atomic E-state index is -3.90. The molecule has 0 fully saturated rings. The van der Waals surface area contributed by atoms with E-state index in [9.17, 15) is 12.8 Å². The first kappa shape index (κ1) is 14.5. The number of hydrogen-bond acceptors (Lipinski definition) is 3. The van der Waals surface area contributed by atoms with Crippen molar-refractivity contribution in [2.45, 2.75) is 17.9 Å². The highest BCUT2D eigenvalue weighted by Crippen LogP contribution is 2.19. The summed E-state index contributed by atoms with van der Waals surface area (Å²) < 4.78 is 40.3. The predicted molar refractivity (Wildman–Crippen MR) is 76.0 cm³/mol. The second-order valence-electron chi connectivity index (χ2n) is 4.44. The van der Waals surface area contributed by atoms with E-state index in [1.165, 1.54) is 18.2 Å². The fourth-order valence-electron chi connectivity index (χ4n) is 1.81. The molecule has 2 aromatic carbocycles. The summed E-state index contributed by atoms with van der Waals surface area (Å²) in [5.41, 5.74) is 6.92. The fourth-order valence-corrected chi connectivity index (χ4v) is 3.12. The number of nitrogen functional groups attached to an aromatic ring is 1. The van der Waals surface area contributed by atoms with Gasteiger partial charge in [-0.2, -0.15) is 0 Å². The van der Waals surface area contributed by atoms with E-state index in [4.69, 9.17) is 5.73 Å². The first-order chi connectivity index (χ1) is 9.40. The number of hydrogen-bond donors (Lipinski definition) is 2. The Morgan fingerprint density at radius 3 is 2.30 bits per heavy atom. The second kappa shape index (κ2) is 5.60. The van der Waals surface area contributed by atoms with Gasteiger partial charge in [0.05, 0.1) is 0 Å². The summed E-state index contributed by atoms with van der Waals surface area (Å²) in [6.45, 7) is 1.68. The van der Waals surface area contributed by atoms with Crippen LogP contribution in [0.15, 0.2) is 53.4 Å². The van der Waals surface area contributed by atoms with Gasteiger partial charge in [-0.3, -0.25) is 0 Å². The standard InChI is InChI=1S/C14H15FN2O2S/c1-10(11-6-8-12(16)9-7-11)17-20(18,19)14-5-3-2-4-13(14)15/h2-10,17H,16H2,1H3. The van der Waals surface area contributed by atoms with E-state index in [0.29, 0.717) is 5.69 Å². The van der Waals surface area contributed by atoms with Crippen LogP contribution in [0.3, 0.4) is 0 Å². The average molecular weight is 294 g/mol. The maximum absolute atomic E-state index is 13.6. The number of sulfonamides is 1. The Kier molecular flexibility index (Phi) is 4.06. The van der Waals surface area contributed by atoms with Crippen molar-refractivity contribution in [2.75, 3.05) is 5.73 Å². The monoisotopic (exact) mass is 294 g/mol. The number of anilines is 1. The van der Waals surface area contributed by atoms with Crippen LogP contribution in [-0.2, 0) is 10.0 Å². The Bertz CT molecular complexity index is 699. The molecule has 0 amide bonds. The second-order valence-corrected chi connectivity index (χ2v) is 6.12. The molecular formula is C14H15FN2O2S. The summed E-state index contributed by atoms with van der Waals surface area (Å²) in [7, 11) is -3.90. The quantitative estimate of drug-likeness (QED) is 0.851. The van der Waals surface area contributed by atoms with E-state index in [0.717, 1.165) is 11.6 Å². The number of benzene rings is 2. The smallest absolute Gasteiger partial charge is 0.244 e. The SMILES string of the molecule is CC(NS(=O)(=O)c1ccccc1F)c1ccc(N)cc1. The summed E-state index contributed by atoms with van der Waals surface area (Å²) in [6.07, 6.45) is 0. The molecule has 0 saturated carbocycles. The molecule has 0 radical (unpaired) electrons. The van der Waals surface area contributed by atoms with Crippen LogP contribution in [0.4, 0.5) is 10.1 Å². The molecule has 2 rings (SSSR count).